The lowest BCUT2D eigenvalue weighted by Gasteiger charge is -2.17. The van der Waals surface area contributed by atoms with Gasteiger partial charge < -0.3 is 9.88 Å². The second kappa shape index (κ2) is 5.42. The lowest BCUT2D eigenvalue weighted by atomic mass is 10.2. The van der Waals surface area contributed by atoms with Gasteiger partial charge in [0.2, 0.25) is 0 Å². The standard InChI is InChI=1S/C12H18N4S/c1-4-5-14-12(11-7-13-8-17-11)10-6-15-9(2)16(10)3/h6-8,12,14H,4-5H2,1-3H3. The molecule has 0 saturated heterocycles. The number of nitrogens with one attached hydrogen (secondary N) is 1. The van der Waals surface area contributed by atoms with Crippen LogP contribution in [0.1, 0.15) is 35.8 Å². The van der Waals surface area contributed by atoms with Crippen molar-refractivity contribution in [3.8, 4) is 0 Å². The van der Waals surface area contributed by atoms with Crippen LogP contribution in [-0.4, -0.2) is 21.1 Å². The van der Waals surface area contributed by atoms with Crippen LogP contribution in [-0.2, 0) is 7.05 Å². The molecule has 2 aromatic rings. The molecule has 0 radical (unpaired) electrons. The summed E-state index contributed by atoms with van der Waals surface area (Å²) in [5.74, 6) is 1.04. The maximum Gasteiger partial charge on any atom is 0.105 e. The van der Waals surface area contributed by atoms with Crippen molar-refractivity contribution in [1.29, 1.82) is 0 Å². The molecule has 0 saturated carbocycles. The number of hydrogen-bond donors (Lipinski definition) is 1. The molecule has 0 bridgehead atoms. The molecule has 0 fully saturated rings. The Kier molecular flexibility index (Phi) is 3.91. The van der Waals surface area contributed by atoms with E-state index in [-0.39, 0.29) is 6.04 Å². The van der Waals surface area contributed by atoms with Crippen molar-refractivity contribution >= 4 is 11.3 Å². The average molecular weight is 250 g/mol. The van der Waals surface area contributed by atoms with E-state index >= 15 is 0 Å². The summed E-state index contributed by atoms with van der Waals surface area (Å²) in [6.07, 6.45) is 4.99. The quantitative estimate of drug-likeness (QED) is 0.885. The third-order valence-electron chi connectivity index (χ3n) is 2.89. The number of hydrogen-bond acceptors (Lipinski definition) is 4. The molecule has 1 atom stereocenters. The third-order valence-corrected chi connectivity index (χ3v) is 3.73. The lowest BCUT2D eigenvalue weighted by molar-refractivity contribution is 0.573. The van der Waals surface area contributed by atoms with Gasteiger partial charge in [-0.3, -0.25) is 4.98 Å². The zero-order valence-corrected chi connectivity index (χ0v) is 11.3. The molecular formula is C12H18N4S. The molecule has 1 unspecified atom stereocenters. The van der Waals surface area contributed by atoms with Gasteiger partial charge in [-0.05, 0) is 19.9 Å². The monoisotopic (exact) mass is 250 g/mol. The molecule has 2 aromatic heterocycles. The first-order valence-electron chi connectivity index (χ1n) is 5.84. The van der Waals surface area contributed by atoms with E-state index in [9.17, 15) is 0 Å². The minimum atomic E-state index is 0.202. The summed E-state index contributed by atoms with van der Waals surface area (Å²) in [5, 5.41) is 3.55. The highest BCUT2D eigenvalue weighted by molar-refractivity contribution is 7.09. The van der Waals surface area contributed by atoms with Crippen molar-refractivity contribution in [3.63, 3.8) is 0 Å². The molecule has 0 aliphatic heterocycles. The number of aryl methyl sites for hydroxylation is 1. The molecule has 17 heavy (non-hydrogen) atoms. The van der Waals surface area contributed by atoms with E-state index < -0.39 is 0 Å². The summed E-state index contributed by atoms with van der Waals surface area (Å²) in [4.78, 5) is 9.76. The highest BCUT2D eigenvalue weighted by Gasteiger charge is 2.18. The maximum absolute atomic E-state index is 4.36. The summed E-state index contributed by atoms with van der Waals surface area (Å²) < 4.78 is 2.13. The Bertz CT molecular complexity index is 461. The van der Waals surface area contributed by atoms with Crippen LogP contribution in [0.5, 0.6) is 0 Å². The first-order chi connectivity index (χ1) is 8.24. The molecule has 0 aromatic carbocycles. The Morgan fingerprint density at radius 3 is 2.82 bits per heavy atom. The van der Waals surface area contributed by atoms with Crippen molar-refractivity contribution in [1.82, 2.24) is 19.9 Å². The fraction of sp³-hybridized carbons (Fsp3) is 0.500. The van der Waals surface area contributed by atoms with Crippen molar-refractivity contribution in [2.24, 2.45) is 7.05 Å². The van der Waals surface area contributed by atoms with Crippen molar-refractivity contribution in [2.75, 3.05) is 6.54 Å². The molecule has 2 rings (SSSR count). The zero-order chi connectivity index (χ0) is 12.3. The normalized spacial score (nSPS) is 12.9. The predicted molar refractivity (Wildman–Crippen MR) is 70.2 cm³/mol. The van der Waals surface area contributed by atoms with Crippen molar-refractivity contribution in [3.05, 3.63) is 34.3 Å². The lowest BCUT2D eigenvalue weighted by Crippen LogP contribution is -2.24. The van der Waals surface area contributed by atoms with Gasteiger partial charge in [0.1, 0.15) is 5.82 Å². The maximum atomic E-state index is 4.36. The van der Waals surface area contributed by atoms with E-state index in [0.29, 0.717) is 0 Å². The highest BCUT2D eigenvalue weighted by Crippen LogP contribution is 2.25. The van der Waals surface area contributed by atoms with E-state index in [1.54, 1.807) is 11.3 Å². The zero-order valence-electron chi connectivity index (χ0n) is 10.5. The number of thiazole rings is 1. The van der Waals surface area contributed by atoms with E-state index in [1.807, 2.05) is 24.8 Å². The molecule has 0 aliphatic rings. The molecule has 0 aliphatic carbocycles. The van der Waals surface area contributed by atoms with Gasteiger partial charge in [0.05, 0.1) is 23.4 Å². The average Bonchev–Trinajstić information content (AvgIpc) is 2.94. The van der Waals surface area contributed by atoms with E-state index in [1.165, 1.54) is 10.6 Å². The van der Waals surface area contributed by atoms with Gasteiger partial charge in [-0.2, -0.15) is 0 Å². The fourth-order valence-electron chi connectivity index (χ4n) is 1.80. The topological polar surface area (TPSA) is 42.7 Å². The van der Waals surface area contributed by atoms with Crippen LogP contribution in [0.25, 0.3) is 0 Å². The van der Waals surface area contributed by atoms with Gasteiger partial charge in [-0.1, -0.05) is 6.92 Å². The number of imidazole rings is 1. The minimum absolute atomic E-state index is 0.202. The smallest absolute Gasteiger partial charge is 0.105 e. The summed E-state index contributed by atoms with van der Waals surface area (Å²) >= 11 is 1.68. The van der Waals surface area contributed by atoms with Gasteiger partial charge in [0, 0.05) is 18.1 Å². The van der Waals surface area contributed by atoms with Crippen LogP contribution in [0.4, 0.5) is 0 Å². The summed E-state index contributed by atoms with van der Waals surface area (Å²) in [6.45, 7) is 5.19. The summed E-state index contributed by atoms with van der Waals surface area (Å²) in [5.41, 5.74) is 3.07. The van der Waals surface area contributed by atoms with Crippen LogP contribution in [0.3, 0.4) is 0 Å². The third kappa shape index (κ3) is 2.56. The Hall–Kier alpha value is -1.20. The van der Waals surface area contributed by atoms with Gasteiger partial charge >= 0.3 is 0 Å². The van der Waals surface area contributed by atoms with Crippen LogP contribution >= 0.6 is 11.3 Å². The van der Waals surface area contributed by atoms with Crippen LogP contribution in [0.2, 0.25) is 0 Å². The van der Waals surface area contributed by atoms with Crippen molar-refractivity contribution in [2.45, 2.75) is 26.3 Å². The van der Waals surface area contributed by atoms with Crippen LogP contribution < -0.4 is 5.32 Å². The Morgan fingerprint density at radius 1 is 1.47 bits per heavy atom. The number of nitrogens with zero attached hydrogens (tertiary/aromatic N) is 3. The van der Waals surface area contributed by atoms with Crippen molar-refractivity contribution < 1.29 is 0 Å². The Labute approximate surface area is 106 Å². The molecule has 0 amide bonds. The number of aromatic nitrogens is 3. The van der Waals surface area contributed by atoms with E-state index in [4.69, 9.17) is 0 Å². The Balaban J connectivity index is 2.30. The van der Waals surface area contributed by atoms with Crippen LogP contribution in [0, 0.1) is 6.92 Å². The minimum Gasteiger partial charge on any atom is -0.334 e. The summed E-state index contributed by atoms with van der Waals surface area (Å²) in [7, 11) is 2.05. The predicted octanol–water partition coefficient (Wildman–Crippen LogP) is 2.27. The second-order valence-electron chi connectivity index (χ2n) is 4.08. The van der Waals surface area contributed by atoms with E-state index in [0.717, 1.165) is 18.8 Å². The summed E-state index contributed by atoms with van der Waals surface area (Å²) in [6, 6.07) is 0.202. The highest BCUT2D eigenvalue weighted by atomic mass is 32.1. The first-order valence-corrected chi connectivity index (χ1v) is 6.72. The first kappa shape index (κ1) is 12.3. The molecule has 1 N–H and O–H groups in total. The largest absolute Gasteiger partial charge is 0.334 e. The number of rotatable bonds is 5. The van der Waals surface area contributed by atoms with Crippen LogP contribution in [0.15, 0.2) is 17.9 Å². The van der Waals surface area contributed by atoms with Gasteiger partial charge in [0.25, 0.3) is 0 Å². The molecule has 92 valence electrons. The Morgan fingerprint density at radius 2 is 2.29 bits per heavy atom. The second-order valence-corrected chi connectivity index (χ2v) is 5.00. The molecule has 0 spiro atoms. The molecule has 2 heterocycles. The molecule has 5 heteroatoms. The fourth-order valence-corrected chi connectivity index (χ4v) is 2.50. The van der Waals surface area contributed by atoms with Gasteiger partial charge in [-0.25, -0.2) is 4.98 Å². The van der Waals surface area contributed by atoms with Gasteiger partial charge in [0.15, 0.2) is 0 Å². The van der Waals surface area contributed by atoms with E-state index in [2.05, 4.69) is 33.8 Å². The molecule has 4 nitrogen and oxygen atoms in total. The molecular weight excluding hydrogens is 232 g/mol. The van der Waals surface area contributed by atoms with Gasteiger partial charge in [-0.15, -0.1) is 11.3 Å². The SMILES string of the molecule is CCCNC(c1cncs1)c1cnc(C)n1C.